The molecule has 2 aliphatic heterocycles. The average molecular weight is 194 g/mol. The van der Waals surface area contributed by atoms with Crippen LogP contribution in [-0.4, -0.2) is 25.6 Å². The van der Waals surface area contributed by atoms with E-state index in [0.29, 0.717) is 6.67 Å². The SMILES string of the molecule is C1=NCNC2=C1CN=C2.Cl.Cl. The second-order valence-corrected chi connectivity index (χ2v) is 2.06. The Morgan fingerprint density at radius 1 is 1.18 bits per heavy atom. The highest BCUT2D eigenvalue weighted by Crippen LogP contribution is 2.07. The Labute approximate surface area is 77.5 Å². The van der Waals surface area contributed by atoms with Crippen LogP contribution in [0.1, 0.15) is 0 Å². The minimum atomic E-state index is 0. The summed E-state index contributed by atoms with van der Waals surface area (Å²) in [4.78, 5) is 8.12. The van der Waals surface area contributed by atoms with Crippen molar-refractivity contribution in [3.8, 4) is 0 Å². The third-order valence-electron chi connectivity index (χ3n) is 1.44. The number of nitrogens with one attached hydrogen (secondary N) is 1. The number of nitrogens with zero attached hydrogens (tertiary/aromatic N) is 2. The first kappa shape index (κ1) is 10.5. The highest BCUT2D eigenvalue weighted by molar-refractivity contribution is 5.95. The first-order valence-electron chi connectivity index (χ1n) is 2.93. The van der Waals surface area contributed by atoms with Crippen LogP contribution < -0.4 is 5.32 Å². The van der Waals surface area contributed by atoms with Crippen molar-refractivity contribution in [3.05, 3.63) is 11.3 Å². The van der Waals surface area contributed by atoms with Crippen molar-refractivity contribution in [3.63, 3.8) is 0 Å². The molecule has 5 heteroatoms. The Morgan fingerprint density at radius 3 is 2.73 bits per heavy atom. The molecule has 0 bridgehead atoms. The molecule has 0 amide bonds. The minimum absolute atomic E-state index is 0. The van der Waals surface area contributed by atoms with E-state index < -0.39 is 0 Å². The molecule has 2 heterocycles. The van der Waals surface area contributed by atoms with Crippen molar-refractivity contribution in [1.29, 1.82) is 0 Å². The van der Waals surface area contributed by atoms with Crippen molar-refractivity contribution in [2.24, 2.45) is 9.98 Å². The van der Waals surface area contributed by atoms with E-state index in [0.717, 1.165) is 12.2 Å². The van der Waals surface area contributed by atoms with Gasteiger partial charge in [-0.3, -0.25) is 9.98 Å². The molecule has 0 aromatic carbocycles. The van der Waals surface area contributed by atoms with Crippen molar-refractivity contribution in [2.45, 2.75) is 0 Å². The van der Waals surface area contributed by atoms with Crippen molar-refractivity contribution in [2.75, 3.05) is 13.2 Å². The van der Waals surface area contributed by atoms with Gasteiger partial charge in [0.2, 0.25) is 0 Å². The largest absolute Gasteiger partial charge is 0.365 e. The first-order chi connectivity index (χ1) is 4.47. The van der Waals surface area contributed by atoms with Gasteiger partial charge < -0.3 is 5.32 Å². The van der Waals surface area contributed by atoms with Gasteiger partial charge in [-0.1, -0.05) is 0 Å². The number of hydrogen-bond acceptors (Lipinski definition) is 3. The van der Waals surface area contributed by atoms with E-state index in [1.54, 1.807) is 0 Å². The fraction of sp³-hybridized carbons (Fsp3) is 0.333. The van der Waals surface area contributed by atoms with Gasteiger partial charge in [-0.15, -0.1) is 24.8 Å². The molecule has 3 nitrogen and oxygen atoms in total. The Balaban J connectivity index is 0.000000500. The van der Waals surface area contributed by atoms with Crippen LogP contribution in [-0.2, 0) is 0 Å². The summed E-state index contributed by atoms with van der Waals surface area (Å²) in [5, 5.41) is 3.11. The summed E-state index contributed by atoms with van der Waals surface area (Å²) in [5.41, 5.74) is 2.35. The van der Waals surface area contributed by atoms with E-state index in [1.807, 2.05) is 12.4 Å². The van der Waals surface area contributed by atoms with Crippen LogP contribution in [0.5, 0.6) is 0 Å². The van der Waals surface area contributed by atoms with Crippen LogP contribution in [0.3, 0.4) is 0 Å². The summed E-state index contributed by atoms with van der Waals surface area (Å²) < 4.78 is 0. The van der Waals surface area contributed by atoms with E-state index in [4.69, 9.17) is 0 Å². The zero-order chi connectivity index (χ0) is 6.10. The van der Waals surface area contributed by atoms with Crippen LogP contribution in [0.25, 0.3) is 0 Å². The fourth-order valence-corrected chi connectivity index (χ4v) is 0.960. The summed E-state index contributed by atoms with van der Waals surface area (Å²) in [5.74, 6) is 0. The summed E-state index contributed by atoms with van der Waals surface area (Å²) in [6.07, 6.45) is 3.75. The number of allylic oxidation sites excluding steroid dienone is 1. The second kappa shape index (κ2) is 4.36. The lowest BCUT2D eigenvalue weighted by Crippen LogP contribution is -2.19. The van der Waals surface area contributed by atoms with E-state index in [-0.39, 0.29) is 24.8 Å². The molecule has 0 saturated heterocycles. The summed E-state index contributed by atoms with van der Waals surface area (Å²) >= 11 is 0. The molecule has 0 aromatic rings. The normalized spacial score (nSPS) is 18.2. The van der Waals surface area contributed by atoms with Crippen LogP contribution >= 0.6 is 24.8 Å². The molecule has 62 valence electrons. The third kappa shape index (κ3) is 1.94. The highest BCUT2D eigenvalue weighted by Gasteiger charge is 2.09. The maximum Gasteiger partial charge on any atom is 0.107 e. The van der Waals surface area contributed by atoms with Gasteiger partial charge in [0.1, 0.15) is 6.67 Å². The molecule has 11 heavy (non-hydrogen) atoms. The predicted molar refractivity (Wildman–Crippen MR) is 51.4 cm³/mol. The molecule has 2 aliphatic rings. The van der Waals surface area contributed by atoms with Crippen molar-refractivity contribution < 1.29 is 0 Å². The molecule has 0 aromatic heterocycles. The second-order valence-electron chi connectivity index (χ2n) is 2.06. The van der Waals surface area contributed by atoms with Gasteiger partial charge in [0, 0.05) is 18.0 Å². The smallest absolute Gasteiger partial charge is 0.107 e. The number of halogens is 2. The number of aliphatic imine (C=N–C) groups is 2. The topological polar surface area (TPSA) is 36.8 Å². The van der Waals surface area contributed by atoms with Gasteiger partial charge in [-0.25, -0.2) is 0 Å². The number of rotatable bonds is 0. The predicted octanol–water partition coefficient (Wildman–Crippen LogP) is 0.800. The molecule has 0 fully saturated rings. The molecule has 0 radical (unpaired) electrons. The Bertz CT molecular complexity index is 220. The van der Waals surface area contributed by atoms with Gasteiger partial charge in [0.05, 0.1) is 12.2 Å². The van der Waals surface area contributed by atoms with E-state index in [2.05, 4.69) is 15.3 Å². The summed E-state index contributed by atoms with van der Waals surface area (Å²) in [6.45, 7) is 1.50. The zero-order valence-corrected chi connectivity index (χ0v) is 7.41. The zero-order valence-electron chi connectivity index (χ0n) is 5.78. The van der Waals surface area contributed by atoms with Gasteiger partial charge >= 0.3 is 0 Å². The monoisotopic (exact) mass is 193 g/mol. The van der Waals surface area contributed by atoms with Crippen LogP contribution in [0.15, 0.2) is 21.3 Å². The van der Waals surface area contributed by atoms with Crippen molar-refractivity contribution >= 4 is 37.2 Å². The van der Waals surface area contributed by atoms with Gasteiger partial charge in [-0.05, 0) is 0 Å². The lowest BCUT2D eigenvalue weighted by atomic mass is 10.2. The number of hydrogen-bond donors (Lipinski definition) is 1. The molecule has 1 N–H and O–H groups in total. The summed E-state index contributed by atoms with van der Waals surface area (Å²) in [6, 6.07) is 0. The van der Waals surface area contributed by atoms with Crippen LogP contribution in [0, 0.1) is 0 Å². The molecular weight excluding hydrogens is 185 g/mol. The fourth-order valence-electron chi connectivity index (χ4n) is 0.960. The molecule has 2 rings (SSSR count). The maximum absolute atomic E-state index is 4.08. The Morgan fingerprint density at radius 2 is 2.00 bits per heavy atom. The lowest BCUT2D eigenvalue weighted by molar-refractivity contribution is 0.849. The van der Waals surface area contributed by atoms with Crippen molar-refractivity contribution in [1.82, 2.24) is 5.32 Å². The molecule has 0 atom stereocenters. The standard InChI is InChI=1S/C6H7N3.2ClH/c1-5-2-8-4-9-6(5)3-7-1;;/h2-3,9H,1,4H2;2*1H. The third-order valence-corrected chi connectivity index (χ3v) is 1.44. The average Bonchev–Trinajstić information content (AvgIpc) is 2.33. The molecule has 0 unspecified atom stereocenters. The van der Waals surface area contributed by atoms with Gasteiger partial charge in [-0.2, -0.15) is 0 Å². The van der Waals surface area contributed by atoms with E-state index in [9.17, 15) is 0 Å². The van der Waals surface area contributed by atoms with E-state index in [1.165, 1.54) is 5.57 Å². The quantitative estimate of drug-likeness (QED) is 0.608. The first-order valence-corrected chi connectivity index (χ1v) is 2.93. The highest BCUT2D eigenvalue weighted by atomic mass is 35.5. The summed E-state index contributed by atoms with van der Waals surface area (Å²) in [7, 11) is 0. The lowest BCUT2D eigenvalue weighted by Gasteiger charge is -2.07. The van der Waals surface area contributed by atoms with Crippen LogP contribution in [0.2, 0.25) is 0 Å². The Kier molecular flexibility index (Phi) is 4.15. The van der Waals surface area contributed by atoms with Crippen LogP contribution in [0.4, 0.5) is 0 Å². The molecule has 0 saturated carbocycles. The Hall–Kier alpha value is -0.540. The van der Waals surface area contributed by atoms with E-state index >= 15 is 0 Å². The molecular formula is C6H9Cl2N3. The minimum Gasteiger partial charge on any atom is -0.365 e. The maximum atomic E-state index is 4.08. The van der Waals surface area contributed by atoms with Gasteiger partial charge in [0.25, 0.3) is 0 Å². The van der Waals surface area contributed by atoms with Gasteiger partial charge in [0.15, 0.2) is 0 Å². The molecule has 0 spiro atoms. The molecule has 0 aliphatic carbocycles.